The molecule has 0 spiro atoms. The second kappa shape index (κ2) is 6.10. The number of carbonyl (C=O) groups excluding carboxylic acids is 1. The van der Waals surface area contributed by atoms with Crippen molar-refractivity contribution in [3.8, 4) is 0 Å². The van der Waals surface area contributed by atoms with E-state index in [4.69, 9.17) is 4.74 Å². The number of amides is 1. The Morgan fingerprint density at radius 3 is 2.81 bits per heavy atom. The lowest BCUT2D eigenvalue weighted by Crippen LogP contribution is -2.24. The highest BCUT2D eigenvalue weighted by atomic mass is 16.5. The van der Waals surface area contributed by atoms with Gasteiger partial charge in [-0.15, -0.1) is 0 Å². The van der Waals surface area contributed by atoms with E-state index in [0.29, 0.717) is 0 Å². The van der Waals surface area contributed by atoms with Crippen molar-refractivity contribution < 1.29 is 9.53 Å². The van der Waals surface area contributed by atoms with Crippen molar-refractivity contribution >= 4 is 17.8 Å². The fraction of sp³-hybridized carbons (Fsp3) is 0.375. The van der Waals surface area contributed by atoms with E-state index < -0.39 is 0 Å². The molecule has 0 bridgehead atoms. The maximum absolute atomic E-state index is 11.2. The van der Waals surface area contributed by atoms with Crippen molar-refractivity contribution in [2.45, 2.75) is 19.3 Å². The highest BCUT2D eigenvalue weighted by Crippen LogP contribution is 2.46. The highest BCUT2D eigenvalue weighted by molar-refractivity contribution is 5.82. The van der Waals surface area contributed by atoms with E-state index in [9.17, 15) is 4.79 Å². The first-order chi connectivity index (χ1) is 9.98. The number of hydrazone groups is 1. The zero-order valence-electron chi connectivity index (χ0n) is 12.9. The second-order valence-corrected chi connectivity index (χ2v) is 5.50. The summed E-state index contributed by atoms with van der Waals surface area (Å²) in [5.41, 5.74) is 5.94. The number of methoxy groups -OCH3 is 1. The van der Waals surface area contributed by atoms with Crippen LogP contribution in [0.2, 0.25) is 0 Å². The third-order valence-corrected chi connectivity index (χ3v) is 3.71. The van der Waals surface area contributed by atoms with E-state index in [1.807, 2.05) is 19.2 Å². The van der Waals surface area contributed by atoms with Gasteiger partial charge in [0.15, 0.2) is 0 Å². The van der Waals surface area contributed by atoms with Crippen LogP contribution in [-0.4, -0.2) is 32.9 Å². The lowest BCUT2D eigenvalue weighted by atomic mass is 9.84. The topological polar surface area (TPSA) is 53.9 Å². The molecule has 1 aromatic rings. The van der Waals surface area contributed by atoms with E-state index in [1.54, 1.807) is 6.21 Å². The molecule has 0 aromatic heterocycles. The molecule has 0 saturated carbocycles. The first kappa shape index (κ1) is 15.3. The van der Waals surface area contributed by atoms with Gasteiger partial charge in [0.25, 0.3) is 5.91 Å². The molecule has 0 fully saturated rings. The van der Waals surface area contributed by atoms with Crippen LogP contribution < -0.4 is 10.3 Å². The Kier molecular flexibility index (Phi) is 4.43. The van der Waals surface area contributed by atoms with E-state index >= 15 is 0 Å². The average molecular weight is 287 g/mol. The molecular formula is C16H21N3O2. The number of nitrogens with zero attached hydrogens (tertiary/aromatic N) is 2. The van der Waals surface area contributed by atoms with Crippen molar-refractivity contribution in [1.82, 2.24) is 5.43 Å². The van der Waals surface area contributed by atoms with Gasteiger partial charge in [0, 0.05) is 37.2 Å². The first-order valence-corrected chi connectivity index (χ1v) is 6.83. The quantitative estimate of drug-likeness (QED) is 0.681. The number of ether oxygens (including phenoxy) is 1. The Labute approximate surface area is 125 Å². The molecule has 1 amide bonds. The van der Waals surface area contributed by atoms with Gasteiger partial charge in [-0.1, -0.05) is 32.0 Å². The molecule has 1 N–H and O–H groups in total. The van der Waals surface area contributed by atoms with Gasteiger partial charge in [-0.3, -0.25) is 4.79 Å². The summed E-state index contributed by atoms with van der Waals surface area (Å²) in [7, 11) is 3.51. The van der Waals surface area contributed by atoms with E-state index in [-0.39, 0.29) is 17.9 Å². The molecule has 5 nitrogen and oxygen atoms in total. The fourth-order valence-corrected chi connectivity index (χ4v) is 2.68. The van der Waals surface area contributed by atoms with Gasteiger partial charge in [-0.25, -0.2) is 5.43 Å². The van der Waals surface area contributed by atoms with Crippen LogP contribution >= 0.6 is 0 Å². The summed E-state index contributed by atoms with van der Waals surface area (Å²) in [4.78, 5) is 13.4. The van der Waals surface area contributed by atoms with Gasteiger partial charge in [0.1, 0.15) is 6.61 Å². The lowest BCUT2D eigenvalue weighted by molar-refractivity contribution is -0.124. The smallest absolute Gasteiger partial charge is 0.266 e. The number of rotatable bonds is 4. The molecule has 2 rings (SSSR count). The molecule has 21 heavy (non-hydrogen) atoms. The van der Waals surface area contributed by atoms with Gasteiger partial charge < -0.3 is 9.64 Å². The van der Waals surface area contributed by atoms with Crippen molar-refractivity contribution in [3.05, 3.63) is 41.6 Å². The normalized spacial score (nSPS) is 18.3. The fourth-order valence-electron chi connectivity index (χ4n) is 2.68. The average Bonchev–Trinajstić information content (AvgIpc) is 2.64. The Balaban J connectivity index is 2.16. The molecule has 0 radical (unpaired) electrons. The number of fused-ring (bicyclic) bond motifs is 1. The predicted molar refractivity (Wildman–Crippen MR) is 84.5 cm³/mol. The number of anilines is 1. The molecule has 1 heterocycles. The molecule has 5 heteroatoms. The highest BCUT2D eigenvalue weighted by Gasteiger charge is 2.37. The van der Waals surface area contributed by atoms with Crippen molar-refractivity contribution in [2.75, 3.05) is 25.7 Å². The van der Waals surface area contributed by atoms with E-state index in [2.05, 4.69) is 47.5 Å². The van der Waals surface area contributed by atoms with Crippen LogP contribution in [0.3, 0.4) is 0 Å². The third kappa shape index (κ3) is 2.97. The summed E-state index contributed by atoms with van der Waals surface area (Å²) >= 11 is 0. The van der Waals surface area contributed by atoms with Crippen LogP contribution in [0.1, 0.15) is 19.4 Å². The SMILES string of the molecule is COCC(=O)N/N=C\C=C1/N(C)c2ccccc2C1(C)C. The van der Waals surface area contributed by atoms with Gasteiger partial charge in [-0.2, -0.15) is 5.10 Å². The molecule has 1 aliphatic rings. The van der Waals surface area contributed by atoms with Gasteiger partial charge in [-0.05, 0) is 17.7 Å². The Hall–Kier alpha value is -2.14. The van der Waals surface area contributed by atoms with E-state index in [1.165, 1.54) is 18.4 Å². The van der Waals surface area contributed by atoms with Crippen molar-refractivity contribution in [3.63, 3.8) is 0 Å². The number of nitrogens with one attached hydrogen (secondary N) is 1. The largest absolute Gasteiger partial charge is 0.375 e. The minimum Gasteiger partial charge on any atom is -0.375 e. The Morgan fingerprint density at radius 2 is 2.14 bits per heavy atom. The summed E-state index contributed by atoms with van der Waals surface area (Å²) in [6, 6.07) is 8.34. The van der Waals surface area contributed by atoms with Crippen LogP contribution in [-0.2, 0) is 14.9 Å². The number of carbonyl (C=O) groups is 1. The number of allylic oxidation sites excluding steroid dienone is 2. The monoisotopic (exact) mass is 287 g/mol. The van der Waals surface area contributed by atoms with Crippen LogP contribution in [0.4, 0.5) is 5.69 Å². The van der Waals surface area contributed by atoms with E-state index in [0.717, 1.165) is 5.70 Å². The lowest BCUT2D eigenvalue weighted by Gasteiger charge is -2.23. The minimum atomic E-state index is -0.269. The molecule has 0 unspecified atom stereocenters. The summed E-state index contributed by atoms with van der Waals surface area (Å²) < 4.78 is 4.72. The number of hydrogen-bond donors (Lipinski definition) is 1. The second-order valence-electron chi connectivity index (χ2n) is 5.50. The van der Waals surface area contributed by atoms with Crippen molar-refractivity contribution in [1.29, 1.82) is 0 Å². The minimum absolute atomic E-state index is 0.00471. The number of benzene rings is 1. The maximum atomic E-state index is 11.2. The zero-order valence-corrected chi connectivity index (χ0v) is 12.9. The van der Waals surface area contributed by atoms with Crippen LogP contribution in [0.5, 0.6) is 0 Å². The molecule has 0 aliphatic carbocycles. The molecule has 0 atom stereocenters. The third-order valence-electron chi connectivity index (χ3n) is 3.71. The number of hydrogen-bond acceptors (Lipinski definition) is 4. The maximum Gasteiger partial charge on any atom is 0.266 e. The Bertz CT molecular complexity index is 591. The van der Waals surface area contributed by atoms with Gasteiger partial charge in [0.05, 0.1) is 0 Å². The molecule has 112 valence electrons. The first-order valence-electron chi connectivity index (χ1n) is 6.83. The summed E-state index contributed by atoms with van der Waals surface area (Å²) in [6.45, 7) is 4.36. The summed E-state index contributed by atoms with van der Waals surface area (Å²) in [5.74, 6) is -0.269. The molecule has 1 aliphatic heterocycles. The Morgan fingerprint density at radius 1 is 1.43 bits per heavy atom. The number of para-hydroxylation sites is 1. The number of likely N-dealkylation sites (N-methyl/N-ethyl adjacent to an activating group) is 1. The standard InChI is InChI=1S/C16H21N3O2/c1-16(2)12-7-5-6-8-13(12)19(3)14(16)9-10-17-18-15(20)11-21-4/h5-10H,11H2,1-4H3,(H,18,20)/b14-9-,17-10-. The van der Waals surface area contributed by atoms with Crippen LogP contribution in [0, 0.1) is 0 Å². The molecular weight excluding hydrogens is 266 g/mol. The van der Waals surface area contributed by atoms with Crippen LogP contribution in [0.15, 0.2) is 41.1 Å². The van der Waals surface area contributed by atoms with Gasteiger partial charge in [0.2, 0.25) is 0 Å². The predicted octanol–water partition coefficient (Wildman–Crippen LogP) is 2.05. The summed E-state index contributed by atoms with van der Waals surface area (Å²) in [5, 5.41) is 3.91. The van der Waals surface area contributed by atoms with Crippen molar-refractivity contribution in [2.24, 2.45) is 5.10 Å². The molecule has 0 saturated heterocycles. The van der Waals surface area contributed by atoms with Crippen LogP contribution in [0.25, 0.3) is 0 Å². The zero-order chi connectivity index (χ0) is 15.5. The summed E-state index contributed by atoms with van der Waals surface area (Å²) in [6.07, 6.45) is 3.53. The van der Waals surface area contributed by atoms with Gasteiger partial charge >= 0.3 is 0 Å². The molecule has 1 aromatic carbocycles.